The third-order valence-electron chi connectivity index (χ3n) is 3.03. The predicted octanol–water partition coefficient (Wildman–Crippen LogP) is 1.84. The van der Waals surface area contributed by atoms with Crippen molar-refractivity contribution in [1.82, 2.24) is 9.97 Å². The molecule has 1 aromatic heterocycles. The number of nitrogens with two attached hydrogens (primary N) is 1. The highest BCUT2D eigenvalue weighted by Crippen LogP contribution is 2.37. The maximum Gasteiger partial charge on any atom is 0.204 e. The van der Waals surface area contributed by atoms with Crippen LogP contribution in [0.5, 0.6) is 5.75 Å². The summed E-state index contributed by atoms with van der Waals surface area (Å²) in [6, 6.07) is 0.602. The first kappa shape index (κ1) is 12.0. The predicted molar refractivity (Wildman–Crippen MR) is 68.3 cm³/mol. The lowest BCUT2D eigenvalue weighted by Gasteiger charge is -2.25. The van der Waals surface area contributed by atoms with E-state index in [1.54, 1.807) is 7.11 Å². The third-order valence-corrected chi connectivity index (χ3v) is 3.03. The van der Waals surface area contributed by atoms with Gasteiger partial charge < -0.3 is 15.4 Å². The molecule has 0 atom stereocenters. The number of anilines is 2. The van der Waals surface area contributed by atoms with Crippen LogP contribution in [-0.2, 0) is 0 Å². The van der Waals surface area contributed by atoms with Crippen LogP contribution in [-0.4, -0.2) is 29.7 Å². The first-order valence-corrected chi connectivity index (χ1v) is 6.19. The quantitative estimate of drug-likeness (QED) is 0.816. The molecule has 1 aliphatic rings. The minimum absolute atomic E-state index is 0.416. The van der Waals surface area contributed by atoms with Crippen LogP contribution in [0.4, 0.5) is 11.6 Å². The highest BCUT2D eigenvalue weighted by Gasteiger charge is 2.31. The van der Waals surface area contributed by atoms with Gasteiger partial charge in [-0.3, -0.25) is 0 Å². The fourth-order valence-corrected chi connectivity index (χ4v) is 1.95. The van der Waals surface area contributed by atoms with Crippen LogP contribution in [0.25, 0.3) is 0 Å². The fourth-order valence-electron chi connectivity index (χ4n) is 1.95. The summed E-state index contributed by atoms with van der Waals surface area (Å²) >= 11 is 0. The summed E-state index contributed by atoms with van der Waals surface area (Å²) in [5, 5.41) is 0. The summed E-state index contributed by atoms with van der Waals surface area (Å²) in [6.45, 7) is 3.20. The Morgan fingerprint density at radius 3 is 2.82 bits per heavy atom. The zero-order valence-electron chi connectivity index (χ0n) is 10.5. The van der Waals surface area contributed by atoms with E-state index in [2.05, 4.69) is 21.8 Å². The molecule has 0 unspecified atom stereocenters. The standard InChI is InChI=1S/C12H20N4O/c1-3-4-7-16(9-5-6-9)12-10(17-2)11(13)14-8-15-12/h8-9H,3-7H2,1-2H3,(H2,13,14,15). The van der Waals surface area contributed by atoms with Gasteiger partial charge in [0.05, 0.1) is 7.11 Å². The number of aromatic nitrogens is 2. The van der Waals surface area contributed by atoms with Gasteiger partial charge in [-0.2, -0.15) is 0 Å². The number of nitrogen functional groups attached to an aromatic ring is 1. The van der Waals surface area contributed by atoms with E-state index in [0.717, 1.165) is 18.8 Å². The molecule has 2 N–H and O–H groups in total. The summed E-state index contributed by atoms with van der Waals surface area (Å²) in [5.74, 6) is 1.87. The number of methoxy groups -OCH3 is 1. The molecule has 1 heterocycles. The Balaban J connectivity index is 2.25. The van der Waals surface area contributed by atoms with E-state index in [-0.39, 0.29) is 0 Å². The van der Waals surface area contributed by atoms with Crippen LogP contribution in [0.1, 0.15) is 32.6 Å². The van der Waals surface area contributed by atoms with Crippen molar-refractivity contribution in [2.24, 2.45) is 0 Å². The van der Waals surface area contributed by atoms with Gasteiger partial charge in [0.15, 0.2) is 11.6 Å². The zero-order chi connectivity index (χ0) is 12.3. The highest BCUT2D eigenvalue weighted by molar-refractivity contribution is 5.63. The Morgan fingerprint density at radius 2 is 2.24 bits per heavy atom. The van der Waals surface area contributed by atoms with Crippen LogP contribution in [0.15, 0.2) is 6.33 Å². The number of hydrogen-bond donors (Lipinski definition) is 1. The first-order chi connectivity index (χ1) is 8.27. The zero-order valence-corrected chi connectivity index (χ0v) is 10.5. The van der Waals surface area contributed by atoms with Gasteiger partial charge in [-0.25, -0.2) is 9.97 Å². The van der Waals surface area contributed by atoms with Crippen molar-refractivity contribution in [3.8, 4) is 5.75 Å². The monoisotopic (exact) mass is 236 g/mol. The van der Waals surface area contributed by atoms with Gasteiger partial charge in [0.25, 0.3) is 0 Å². The van der Waals surface area contributed by atoms with Crippen molar-refractivity contribution in [3.05, 3.63) is 6.33 Å². The van der Waals surface area contributed by atoms with Crippen LogP contribution >= 0.6 is 0 Å². The maximum atomic E-state index is 5.82. The molecule has 94 valence electrons. The third kappa shape index (κ3) is 2.60. The average Bonchev–Trinajstić information content (AvgIpc) is 3.14. The lowest BCUT2D eigenvalue weighted by Crippen LogP contribution is -2.28. The molecular formula is C12H20N4O. The Labute approximate surface area is 102 Å². The molecule has 0 radical (unpaired) electrons. The van der Waals surface area contributed by atoms with Gasteiger partial charge >= 0.3 is 0 Å². The Bertz CT molecular complexity index is 379. The molecule has 5 heteroatoms. The van der Waals surface area contributed by atoms with E-state index in [1.807, 2.05) is 0 Å². The van der Waals surface area contributed by atoms with Crippen molar-refractivity contribution < 1.29 is 4.74 Å². The lowest BCUT2D eigenvalue weighted by atomic mass is 10.3. The van der Waals surface area contributed by atoms with Crippen LogP contribution in [0.3, 0.4) is 0 Å². The average molecular weight is 236 g/mol. The number of nitrogens with zero attached hydrogens (tertiary/aromatic N) is 3. The molecule has 0 bridgehead atoms. The second-order valence-corrected chi connectivity index (χ2v) is 4.39. The molecular weight excluding hydrogens is 216 g/mol. The Hall–Kier alpha value is -1.52. The van der Waals surface area contributed by atoms with Gasteiger partial charge in [0.1, 0.15) is 6.33 Å². The fraction of sp³-hybridized carbons (Fsp3) is 0.667. The molecule has 1 saturated carbocycles. The van der Waals surface area contributed by atoms with E-state index in [0.29, 0.717) is 17.6 Å². The van der Waals surface area contributed by atoms with E-state index in [4.69, 9.17) is 10.5 Å². The first-order valence-electron chi connectivity index (χ1n) is 6.19. The van der Waals surface area contributed by atoms with Gasteiger partial charge in [0, 0.05) is 12.6 Å². The molecule has 5 nitrogen and oxygen atoms in total. The molecule has 0 aliphatic heterocycles. The van der Waals surface area contributed by atoms with Crippen molar-refractivity contribution in [1.29, 1.82) is 0 Å². The summed E-state index contributed by atoms with van der Waals surface area (Å²) in [5.41, 5.74) is 5.82. The minimum atomic E-state index is 0.416. The number of hydrogen-bond acceptors (Lipinski definition) is 5. The molecule has 1 aromatic rings. The minimum Gasteiger partial charge on any atom is -0.490 e. The second kappa shape index (κ2) is 5.21. The molecule has 0 amide bonds. The van der Waals surface area contributed by atoms with Crippen molar-refractivity contribution in [3.63, 3.8) is 0 Å². The number of ether oxygens (including phenoxy) is 1. The smallest absolute Gasteiger partial charge is 0.204 e. The summed E-state index contributed by atoms with van der Waals surface area (Å²) < 4.78 is 5.32. The Kier molecular flexibility index (Phi) is 3.66. The summed E-state index contributed by atoms with van der Waals surface area (Å²) in [4.78, 5) is 10.6. The van der Waals surface area contributed by atoms with Gasteiger partial charge in [0.2, 0.25) is 5.75 Å². The molecule has 1 aliphatic carbocycles. The van der Waals surface area contributed by atoms with Gasteiger partial charge in [-0.15, -0.1) is 0 Å². The second-order valence-electron chi connectivity index (χ2n) is 4.39. The number of rotatable bonds is 6. The van der Waals surface area contributed by atoms with Gasteiger partial charge in [-0.05, 0) is 19.3 Å². The van der Waals surface area contributed by atoms with Crippen molar-refractivity contribution in [2.75, 3.05) is 24.3 Å². The van der Waals surface area contributed by atoms with Crippen molar-refractivity contribution >= 4 is 11.6 Å². The largest absolute Gasteiger partial charge is 0.490 e. The van der Waals surface area contributed by atoms with E-state index in [1.165, 1.54) is 25.6 Å². The van der Waals surface area contributed by atoms with Gasteiger partial charge in [-0.1, -0.05) is 13.3 Å². The summed E-state index contributed by atoms with van der Waals surface area (Å²) in [7, 11) is 1.61. The highest BCUT2D eigenvalue weighted by atomic mass is 16.5. The molecule has 2 rings (SSSR count). The summed E-state index contributed by atoms with van der Waals surface area (Å²) in [6.07, 6.45) is 6.30. The van der Waals surface area contributed by atoms with Crippen LogP contribution in [0.2, 0.25) is 0 Å². The van der Waals surface area contributed by atoms with Crippen LogP contribution < -0.4 is 15.4 Å². The lowest BCUT2D eigenvalue weighted by molar-refractivity contribution is 0.412. The van der Waals surface area contributed by atoms with E-state index < -0.39 is 0 Å². The molecule has 0 spiro atoms. The number of unbranched alkanes of at least 4 members (excludes halogenated alkanes) is 1. The maximum absolute atomic E-state index is 5.82. The van der Waals surface area contributed by atoms with Crippen LogP contribution in [0, 0.1) is 0 Å². The Morgan fingerprint density at radius 1 is 1.47 bits per heavy atom. The molecule has 1 fully saturated rings. The van der Waals surface area contributed by atoms with Crippen molar-refractivity contribution in [2.45, 2.75) is 38.6 Å². The molecule has 0 aromatic carbocycles. The SMILES string of the molecule is CCCCN(c1ncnc(N)c1OC)C1CC1. The van der Waals surface area contributed by atoms with E-state index in [9.17, 15) is 0 Å². The van der Waals surface area contributed by atoms with E-state index >= 15 is 0 Å². The topological polar surface area (TPSA) is 64.3 Å². The molecule has 17 heavy (non-hydrogen) atoms. The normalized spacial score (nSPS) is 14.7. The molecule has 0 saturated heterocycles.